The molecule has 0 fully saturated rings. The van der Waals surface area contributed by atoms with Crippen molar-refractivity contribution < 1.29 is 128 Å². The van der Waals surface area contributed by atoms with Crippen LogP contribution in [0, 0.1) is 0 Å². The topological polar surface area (TPSA) is 226 Å². The largest absolute Gasteiger partial charge is 1.00 e. The van der Waals surface area contributed by atoms with Gasteiger partial charge in [0.15, 0.2) is 0 Å². The van der Waals surface area contributed by atoms with E-state index in [-0.39, 0.29) is 96.3 Å². The van der Waals surface area contributed by atoms with Crippen LogP contribution in [-0.2, 0) is 26.2 Å². The molecule has 16 heteroatoms. The minimum Gasteiger partial charge on any atom is -1.00 e. The van der Waals surface area contributed by atoms with Gasteiger partial charge in [-0.15, -0.1) is 0 Å². The molecule has 0 radical (unpaired) electrons. The van der Waals surface area contributed by atoms with E-state index in [1.165, 1.54) is 100 Å². The minimum atomic E-state index is 0. The standard InChI is InChI=1S/C28H46N6.6ClH.4H2O/c1-7-25-19-26(8-1)22-32-16-4-12-30-14-6-18-34-24-28-10-2-9-27(20-28)23-33-17-5-13-29-11-3-15-31-21-25;;;;;;;;;;/h1-2,7-10,19-20,29-34H,3-6,11-18,21-24H2;6*1H;4*1H2. The predicted molar refractivity (Wildman–Crippen MR) is 151 cm³/mol. The molecule has 10 nitrogen and oxygen atoms in total. The summed E-state index contributed by atoms with van der Waals surface area (Å²) in [6, 6.07) is 18.4. The molecule has 20 N–H and O–H groups in total. The maximum atomic E-state index is 2.50. The molecule has 0 aromatic heterocycles. The molecule has 2 aromatic carbocycles. The molecule has 44 heavy (non-hydrogen) atoms. The highest BCUT2D eigenvalue weighted by molar-refractivity contribution is 5.22. The number of hydrogen-bond acceptors (Lipinski definition) is 0. The fraction of sp³-hybridized carbons (Fsp3) is 0.571. The first-order valence-electron chi connectivity index (χ1n) is 14.0. The number of rotatable bonds is 0. The summed E-state index contributed by atoms with van der Waals surface area (Å²) in [5.74, 6) is 0. The molecule has 1 aliphatic heterocycles. The van der Waals surface area contributed by atoms with E-state index in [9.17, 15) is 0 Å². The Hall–Kier alpha value is -0.220. The summed E-state index contributed by atoms with van der Waals surface area (Å²) < 4.78 is 0. The van der Waals surface area contributed by atoms with Gasteiger partial charge in [-0.05, 0) is 12.1 Å². The zero-order valence-corrected chi connectivity index (χ0v) is 30.2. The molecule has 0 atom stereocenters. The van der Waals surface area contributed by atoms with Crippen molar-refractivity contribution in [3.63, 3.8) is 0 Å². The second-order valence-corrected chi connectivity index (χ2v) is 9.91. The number of quaternary nitrogens is 6. The fourth-order valence-corrected chi connectivity index (χ4v) is 4.76. The SMILES string of the molecule is O.O.O.O.[Cl-].[Cl-].[Cl-].[Cl-].[Cl-].[Cl-].c1cc2cc(c1)C[NH2+]CCC[NH2+]CCC[NH2+]Cc1cccc(c1)C[NH2+]CCC[NH2+]CCC[NH2+]C2. The Labute approximate surface area is 301 Å². The van der Waals surface area contributed by atoms with Crippen LogP contribution in [0.5, 0.6) is 0 Å². The molecular formula is C28H60Cl6N6O4. The van der Waals surface area contributed by atoms with Crippen molar-refractivity contribution in [1.29, 1.82) is 0 Å². The zero-order valence-electron chi connectivity index (χ0n) is 25.7. The van der Waals surface area contributed by atoms with Gasteiger partial charge < -0.3 is 128 Å². The Morgan fingerprint density at radius 2 is 0.523 bits per heavy atom. The Kier molecular flexibility index (Phi) is 60.9. The number of benzene rings is 2. The van der Waals surface area contributed by atoms with Crippen molar-refractivity contribution in [2.75, 3.05) is 52.4 Å². The van der Waals surface area contributed by atoms with Crippen molar-refractivity contribution in [3.05, 3.63) is 70.8 Å². The van der Waals surface area contributed by atoms with Crippen LogP contribution in [0.15, 0.2) is 48.5 Å². The monoisotopic (exact) mass is 754 g/mol. The van der Waals surface area contributed by atoms with E-state index in [0.717, 1.165) is 26.2 Å². The van der Waals surface area contributed by atoms with E-state index in [1.54, 1.807) is 0 Å². The summed E-state index contributed by atoms with van der Waals surface area (Å²) in [5.41, 5.74) is 5.87. The first kappa shape index (κ1) is 62.6. The molecule has 268 valence electrons. The Morgan fingerprint density at radius 3 is 0.750 bits per heavy atom. The first-order valence-corrected chi connectivity index (χ1v) is 14.0. The molecule has 4 bridgehead atoms. The lowest BCUT2D eigenvalue weighted by atomic mass is 10.1. The number of nitrogens with two attached hydrogens (primary N) is 6. The highest BCUT2D eigenvalue weighted by atomic mass is 35.5. The summed E-state index contributed by atoms with van der Waals surface area (Å²) in [5, 5.41) is 14.9. The molecule has 0 saturated carbocycles. The molecule has 2 aromatic rings. The van der Waals surface area contributed by atoms with E-state index >= 15 is 0 Å². The lowest BCUT2D eigenvalue weighted by Gasteiger charge is -2.07. The van der Waals surface area contributed by atoms with E-state index in [1.807, 2.05) is 0 Å². The Morgan fingerprint density at radius 1 is 0.318 bits per heavy atom. The number of fused-ring (bicyclic) bond motifs is 4. The number of hydrogen-bond donors (Lipinski definition) is 6. The van der Waals surface area contributed by atoms with Gasteiger partial charge in [0.05, 0.1) is 52.4 Å². The van der Waals surface area contributed by atoms with E-state index in [4.69, 9.17) is 0 Å². The maximum Gasteiger partial charge on any atom is 0.101 e. The summed E-state index contributed by atoms with van der Waals surface area (Å²) in [6.07, 6.45) is 5.16. The van der Waals surface area contributed by atoms with E-state index in [0.29, 0.717) is 0 Å². The van der Waals surface area contributed by atoms with Crippen LogP contribution in [0.25, 0.3) is 0 Å². The molecular weight excluding hydrogens is 697 g/mol. The molecule has 0 amide bonds. The van der Waals surface area contributed by atoms with Crippen LogP contribution in [0.1, 0.15) is 47.9 Å². The van der Waals surface area contributed by atoms with Gasteiger partial charge in [0, 0.05) is 47.9 Å². The Bertz CT molecular complexity index is 705. The minimum absolute atomic E-state index is 0. The lowest BCUT2D eigenvalue weighted by molar-refractivity contribution is -0.699. The molecule has 0 unspecified atom stereocenters. The van der Waals surface area contributed by atoms with Gasteiger partial charge >= 0.3 is 0 Å². The van der Waals surface area contributed by atoms with Gasteiger partial charge in [0.1, 0.15) is 26.2 Å². The normalized spacial score (nSPS) is 15.1. The van der Waals surface area contributed by atoms with Gasteiger partial charge in [0.25, 0.3) is 0 Å². The van der Waals surface area contributed by atoms with Crippen LogP contribution in [0.4, 0.5) is 0 Å². The summed E-state index contributed by atoms with van der Waals surface area (Å²) in [6.45, 7) is 14.3. The second-order valence-electron chi connectivity index (χ2n) is 9.91. The van der Waals surface area contributed by atoms with E-state index < -0.39 is 0 Å². The van der Waals surface area contributed by atoms with Crippen LogP contribution >= 0.6 is 0 Å². The molecule has 0 aliphatic carbocycles. The summed E-state index contributed by atoms with van der Waals surface area (Å²) in [7, 11) is 0. The third-order valence-corrected chi connectivity index (χ3v) is 6.77. The lowest BCUT2D eigenvalue weighted by Crippen LogP contribution is -3.00. The second kappa shape index (κ2) is 42.8. The molecule has 3 rings (SSSR count). The van der Waals surface area contributed by atoms with Crippen LogP contribution < -0.4 is 106 Å². The van der Waals surface area contributed by atoms with Crippen molar-refractivity contribution in [3.8, 4) is 0 Å². The first-order chi connectivity index (χ1) is 16.9. The third kappa shape index (κ3) is 30.4. The average molecular weight is 758 g/mol. The predicted octanol–water partition coefficient (Wildman–Crippen LogP) is -24.9. The molecule has 1 heterocycles. The maximum absolute atomic E-state index is 2.50. The van der Waals surface area contributed by atoms with Gasteiger partial charge in [-0.25, -0.2) is 0 Å². The highest BCUT2D eigenvalue weighted by Gasteiger charge is 2.04. The quantitative estimate of drug-likeness (QED) is 0.147. The Balaban J connectivity index is -0.000000216. The summed E-state index contributed by atoms with van der Waals surface area (Å²) in [4.78, 5) is 0. The highest BCUT2D eigenvalue weighted by Crippen LogP contribution is 2.03. The number of halogens is 6. The van der Waals surface area contributed by atoms with Gasteiger partial charge in [0.2, 0.25) is 0 Å². The molecule has 0 saturated heterocycles. The molecule has 0 spiro atoms. The van der Waals surface area contributed by atoms with Crippen molar-refractivity contribution in [2.45, 2.75) is 51.9 Å². The smallest absolute Gasteiger partial charge is 0.101 e. The van der Waals surface area contributed by atoms with Crippen LogP contribution in [0.3, 0.4) is 0 Å². The van der Waals surface area contributed by atoms with Crippen molar-refractivity contribution in [2.24, 2.45) is 0 Å². The average Bonchev–Trinajstić information content (AvgIpc) is 2.86. The van der Waals surface area contributed by atoms with Gasteiger partial charge in [-0.2, -0.15) is 0 Å². The molecule has 1 aliphatic rings. The van der Waals surface area contributed by atoms with Crippen LogP contribution in [-0.4, -0.2) is 74.3 Å². The van der Waals surface area contributed by atoms with Gasteiger partial charge in [-0.3, -0.25) is 0 Å². The summed E-state index contributed by atoms with van der Waals surface area (Å²) >= 11 is 0. The van der Waals surface area contributed by atoms with E-state index in [2.05, 4.69) is 80.4 Å². The fourth-order valence-electron chi connectivity index (χ4n) is 4.76. The van der Waals surface area contributed by atoms with Crippen molar-refractivity contribution >= 4 is 0 Å². The van der Waals surface area contributed by atoms with Gasteiger partial charge in [-0.1, -0.05) is 36.4 Å². The third-order valence-electron chi connectivity index (χ3n) is 6.77. The van der Waals surface area contributed by atoms with Crippen LogP contribution in [0.2, 0.25) is 0 Å². The van der Waals surface area contributed by atoms with Crippen molar-refractivity contribution in [1.82, 2.24) is 0 Å². The zero-order chi connectivity index (χ0) is 23.5.